The molecule has 0 spiro atoms. The molecule has 1 aromatic heterocycles. The van der Waals surface area contributed by atoms with Gasteiger partial charge in [-0.2, -0.15) is 0 Å². The Morgan fingerprint density at radius 2 is 1.66 bits per heavy atom. The standard InChI is InChI=1S/C20H15ClN2O5S/c21-15-6-10-19(22-12-15)23-29(27,28)16-7-3-13(4-8-16)1-2-14-5-9-18(24)17(11-14)20(25)26/h1-12,24H,(H,22,23)(H,25,26)/b2-1+. The van der Waals surface area contributed by atoms with Gasteiger partial charge in [-0.05, 0) is 47.5 Å². The minimum absolute atomic E-state index is 0.0594. The van der Waals surface area contributed by atoms with Crippen LogP contribution in [0, 0.1) is 0 Å². The molecule has 0 unspecified atom stereocenters. The first-order valence-electron chi connectivity index (χ1n) is 8.23. The van der Waals surface area contributed by atoms with Crippen molar-refractivity contribution in [2.75, 3.05) is 4.72 Å². The molecule has 1 heterocycles. The van der Waals surface area contributed by atoms with E-state index in [0.29, 0.717) is 16.1 Å². The lowest BCUT2D eigenvalue weighted by Gasteiger charge is -2.07. The van der Waals surface area contributed by atoms with E-state index in [4.69, 9.17) is 16.7 Å². The van der Waals surface area contributed by atoms with Crippen LogP contribution < -0.4 is 4.72 Å². The van der Waals surface area contributed by atoms with Crippen LogP contribution >= 0.6 is 11.6 Å². The fourth-order valence-corrected chi connectivity index (χ4v) is 3.53. The fourth-order valence-electron chi connectivity index (χ4n) is 2.41. The number of phenols is 1. The quantitative estimate of drug-likeness (QED) is 0.506. The Bertz CT molecular complexity index is 1170. The van der Waals surface area contributed by atoms with E-state index in [0.717, 1.165) is 0 Å². The molecule has 9 heteroatoms. The normalized spacial score (nSPS) is 11.5. The fraction of sp³-hybridized carbons (Fsp3) is 0. The molecular formula is C20H15ClN2O5S. The van der Waals surface area contributed by atoms with Crippen LogP contribution in [0.1, 0.15) is 21.5 Å². The van der Waals surface area contributed by atoms with Gasteiger partial charge in [0.15, 0.2) is 0 Å². The Kier molecular flexibility index (Phi) is 5.86. The van der Waals surface area contributed by atoms with Gasteiger partial charge in [0.2, 0.25) is 0 Å². The summed E-state index contributed by atoms with van der Waals surface area (Å²) in [5.74, 6) is -1.39. The van der Waals surface area contributed by atoms with Gasteiger partial charge in [0.25, 0.3) is 10.0 Å². The highest BCUT2D eigenvalue weighted by Gasteiger charge is 2.14. The predicted octanol–water partition coefficient (Wildman–Crippen LogP) is 4.11. The molecule has 0 saturated heterocycles. The number of hydrogen-bond acceptors (Lipinski definition) is 5. The van der Waals surface area contributed by atoms with Crippen LogP contribution in [-0.4, -0.2) is 29.6 Å². The summed E-state index contributed by atoms with van der Waals surface area (Å²) in [5, 5.41) is 19.0. The summed E-state index contributed by atoms with van der Waals surface area (Å²) in [6, 6.07) is 13.3. The number of anilines is 1. The van der Waals surface area contributed by atoms with Crippen LogP contribution in [0.3, 0.4) is 0 Å². The van der Waals surface area contributed by atoms with E-state index >= 15 is 0 Å². The van der Waals surface area contributed by atoms with Gasteiger partial charge in [-0.25, -0.2) is 18.2 Å². The number of carboxylic acids is 1. The maximum absolute atomic E-state index is 12.4. The molecule has 0 bridgehead atoms. The number of rotatable bonds is 6. The minimum atomic E-state index is -3.80. The van der Waals surface area contributed by atoms with Gasteiger partial charge in [-0.1, -0.05) is 42.0 Å². The van der Waals surface area contributed by atoms with Crippen LogP contribution in [-0.2, 0) is 10.0 Å². The lowest BCUT2D eigenvalue weighted by molar-refractivity contribution is 0.0693. The summed E-state index contributed by atoms with van der Waals surface area (Å²) in [4.78, 5) is 15.0. The molecule has 29 heavy (non-hydrogen) atoms. The molecule has 0 fully saturated rings. The number of carbonyl (C=O) groups is 1. The molecule has 0 atom stereocenters. The monoisotopic (exact) mass is 430 g/mol. The Balaban J connectivity index is 1.76. The summed E-state index contributed by atoms with van der Waals surface area (Å²) >= 11 is 5.74. The summed E-state index contributed by atoms with van der Waals surface area (Å²) in [6.07, 6.45) is 4.69. The molecule has 0 amide bonds. The van der Waals surface area contributed by atoms with Gasteiger partial charge in [0.05, 0.1) is 9.92 Å². The third-order valence-corrected chi connectivity index (χ3v) is 5.47. The zero-order valence-electron chi connectivity index (χ0n) is 14.8. The van der Waals surface area contributed by atoms with Crippen molar-refractivity contribution in [2.24, 2.45) is 0 Å². The molecule has 148 valence electrons. The number of aromatic carboxylic acids is 1. The number of aromatic hydroxyl groups is 1. The lowest BCUT2D eigenvalue weighted by atomic mass is 10.1. The molecule has 0 radical (unpaired) electrons. The molecule has 0 saturated carbocycles. The van der Waals surface area contributed by atoms with Gasteiger partial charge < -0.3 is 10.2 Å². The van der Waals surface area contributed by atoms with Crippen molar-refractivity contribution in [3.05, 3.63) is 82.5 Å². The summed E-state index contributed by atoms with van der Waals surface area (Å²) in [7, 11) is -3.80. The SMILES string of the molecule is O=C(O)c1cc(/C=C/c2ccc(S(=O)(=O)Nc3ccc(Cl)cn3)cc2)ccc1O. The summed E-state index contributed by atoms with van der Waals surface area (Å²) in [5.41, 5.74) is 1.08. The molecule has 3 rings (SSSR count). The maximum Gasteiger partial charge on any atom is 0.339 e. The van der Waals surface area contributed by atoms with Crippen molar-refractivity contribution in [3.8, 4) is 5.75 Å². The second kappa shape index (κ2) is 8.34. The van der Waals surface area contributed by atoms with Crippen LogP contribution in [0.4, 0.5) is 5.82 Å². The van der Waals surface area contributed by atoms with Crippen LogP contribution in [0.15, 0.2) is 65.7 Å². The first kappa shape index (κ1) is 20.4. The highest BCUT2D eigenvalue weighted by Crippen LogP contribution is 2.21. The number of nitrogens with zero attached hydrogens (tertiary/aromatic N) is 1. The van der Waals surface area contributed by atoms with Crippen molar-refractivity contribution in [2.45, 2.75) is 4.90 Å². The van der Waals surface area contributed by atoms with Crippen molar-refractivity contribution >= 4 is 45.6 Å². The smallest absolute Gasteiger partial charge is 0.339 e. The molecule has 7 nitrogen and oxygen atoms in total. The van der Waals surface area contributed by atoms with Crippen molar-refractivity contribution < 1.29 is 23.4 Å². The average Bonchev–Trinajstić information content (AvgIpc) is 2.69. The summed E-state index contributed by atoms with van der Waals surface area (Å²) < 4.78 is 27.2. The zero-order chi connectivity index (χ0) is 21.0. The van der Waals surface area contributed by atoms with Gasteiger partial charge in [0, 0.05) is 6.20 Å². The number of aromatic nitrogens is 1. The summed E-state index contributed by atoms with van der Waals surface area (Å²) in [6.45, 7) is 0. The van der Waals surface area contributed by atoms with E-state index in [1.807, 2.05) is 0 Å². The van der Waals surface area contributed by atoms with Crippen molar-refractivity contribution in [3.63, 3.8) is 0 Å². The number of nitrogens with one attached hydrogen (secondary N) is 1. The third kappa shape index (κ3) is 5.13. The van der Waals surface area contributed by atoms with Gasteiger partial charge in [0.1, 0.15) is 17.1 Å². The van der Waals surface area contributed by atoms with Crippen LogP contribution in [0.2, 0.25) is 5.02 Å². The molecular weight excluding hydrogens is 416 g/mol. The van der Waals surface area contributed by atoms with Crippen LogP contribution in [0.5, 0.6) is 5.75 Å². The Hall–Kier alpha value is -3.36. The van der Waals surface area contributed by atoms with E-state index in [2.05, 4.69) is 9.71 Å². The zero-order valence-corrected chi connectivity index (χ0v) is 16.4. The number of hydrogen-bond donors (Lipinski definition) is 3. The minimum Gasteiger partial charge on any atom is -0.507 e. The second-order valence-electron chi connectivity index (χ2n) is 5.95. The predicted molar refractivity (Wildman–Crippen MR) is 110 cm³/mol. The van der Waals surface area contributed by atoms with E-state index < -0.39 is 16.0 Å². The van der Waals surface area contributed by atoms with E-state index in [9.17, 15) is 18.3 Å². The van der Waals surface area contributed by atoms with Crippen molar-refractivity contribution in [1.29, 1.82) is 0 Å². The van der Waals surface area contributed by atoms with E-state index in [1.54, 1.807) is 30.4 Å². The Labute approximate surface area is 172 Å². The highest BCUT2D eigenvalue weighted by molar-refractivity contribution is 7.92. The highest BCUT2D eigenvalue weighted by atomic mass is 35.5. The lowest BCUT2D eigenvalue weighted by Crippen LogP contribution is -2.13. The first-order chi connectivity index (χ1) is 13.7. The number of halogens is 1. The molecule has 3 N–H and O–H groups in total. The third-order valence-electron chi connectivity index (χ3n) is 3.88. The van der Waals surface area contributed by atoms with Gasteiger partial charge >= 0.3 is 5.97 Å². The molecule has 2 aromatic carbocycles. The van der Waals surface area contributed by atoms with Gasteiger partial charge in [-0.15, -0.1) is 0 Å². The number of pyridine rings is 1. The number of sulfonamides is 1. The Morgan fingerprint density at radius 3 is 2.28 bits per heavy atom. The molecule has 0 aliphatic rings. The maximum atomic E-state index is 12.4. The van der Waals surface area contributed by atoms with Crippen LogP contribution in [0.25, 0.3) is 12.2 Å². The van der Waals surface area contributed by atoms with E-state index in [-0.39, 0.29) is 22.0 Å². The largest absolute Gasteiger partial charge is 0.507 e. The average molecular weight is 431 g/mol. The first-order valence-corrected chi connectivity index (χ1v) is 10.1. The van der Waals surface area contributed by atoms with Gasteiger partial charge in [-0.3, -0.25) is 4.72 Å². The topological polar surface area (TPSA) is 117 Å². The van der Waals surface area contributed by atoms with E-state index in [1.165, 1.54) is 42.6 Å². The second-order valence-corrected chi connectivity index (χ2v) is 8.07. The van der Waals surface area contributed by atoms with Crippen molar-refractivity contribution in [1.82, 2.24) is 4.98 Å². The number of carboxylic acid groups (broad SMARTS) is 1. The molecule has 0 aliphatic heterocycles. The molecule has 0 aliphatic carbocycles. The Morgan fingerprint density at radius 1 is 1.00 bits per heavy atom. The molecule has 3 aromatic rings. The number of benzene rings is 2.